The van der Waals surface area contributed by atoms with Crippen LogP contribution >= 0.6 is 15.9 Å². The predicted octanol–water partition coefficient (Wildman–Crippen LogP) is 5.71. The van der Waals surface area contributed by atoms with Crippen LogP contribution in [0.2, 0.25) is 0 Å². The fourth-order valence-electron chi connectivity index (χ4n) is 6.80. The number of hydrogen-bond acceptors (Lipinski definition) is 9. The number of nitrogens with zero attached hydrogens (tertiary/aromatic N) is 3. The number of fused-ring (bicyclic) bond motifs is 2. The lowest BCUT2D eigenvalue weighted by atomic mass is 9.77. The number of carboxylic acids is 1. The van der Waals surface area contributed by atoms with Crippen molar-refractivity contribution in [2.24, 2.45) is 4.99 Å². The lowest BCUT2D eigenvalue weighted by molar-refractivity contribution is -0.684. The number of halogens is 1. The Morgan fingerprint density at radius 3 is 2.21 bits per heavy atom. The summed E-state index contributed by atoms with van der Waals surface area (Å²) in [6.07, 6.45) is 13.3. The first-order valence-electron chi connectivity index (χ1n) is 16.9. The molecule has 53 heavy (non-hydrogen) atoms. The molecule has 0 bridgehead atoms. The summed E-state index contributed by atoms with van der Waals surface area (Å²) in [6, 6.07) is 6.21. The molecule has 0 aliphatic carbocycles. The summed E-state index contributed by atoms with van der Waals surface area (Å²) in [4.78, 5) is 17.5. The van der Waals surface area contributed by atoms with E-state index in [4.69, 9.17) is 10.1 Å². The number of unbranched alkanes of at least 4 members (excludes halogenated alkanes) is 2. The zero-order valence-corrected chi connectivity index (χ0v) is 33.7. The van der Waals surface area contributed by atoms with Crippen LogP contribution < -0.4 is 9.47 Å². The summed E-state index contributed by atoms with van der Waals surface area (Å²) in [7, 11) is -12.9. The van der Waals surface area contributed by atoms with Crippen LogP contribution in [0, 0.1) is 0 Å². The Kier molecular flexibility index (Phi) is 13.3. The SMILES string of the molecule is CC1(C)C(C=CC=CC=C2N(CCCS(=O)(=O)O)c3ccc(S(=O)(=O)O)cc3C2(C)CCCCCC(=O)O)=Nc2c1cc(Br)c[n+]2CCCS(=O)(=O)O. The lowest BCUT2D eigenvalue weighted by Gasteiger charge is -2.30. The van der Waals surface area contributed by atoms with Crippen LogP contribution in [0.3, 0.4) is 0 Å². The van der Waals surface area contributed by atoms with E-state index < -0.39 is 52.9 Å². The number of aromatic nitrogens is 1. The van der Waals surface area contributed by atoms with E-state index in [1.54, 1.807) is 18.2 Å². The minimum atomic E-state index is -4.55. The number of carboxylic acid groups (broad SMARTS) is 1. The second-order valence-electron chi connectivity index (χ2n) is 13.9. The van der Waals surface area contributed by atoms with E-state index in [1.165, 1.54) is 12.1 Å². The number of aryl methyl sites for hydroxylation is 1. The maximum atomic E-state index is 12.2. The largest absolute Gasteiger partial charge is 0.481 e. The van der Waals surface area contributed by atoms with E-state index in [2.05, 4.69) is 15.9 Å². The topological polar surface area (TPSA) is 220 Å². The third-order valence-electron chi connectivity index (χ3n) is 9.50. The zero-order valence-electron chi connectivity index (χ0n) is 29.6. The van der Waals surface area contributed by atoms with Gasteiger partial charge in [-0.2, -0.15) is 25.3 Å². The van der Waals surface area contributed by atoms with Crippen molar-refractivity contribution in [1.82, 2.24) is 0 Å². The number of benzene rings is 1. The monoisotopic (exact) mass is 858 g/mol. The highest BCUT2D eigenvalue weighted by atomic mass is 79.9. The van der Waals surface area contributed by atoms with Crippen LogP contribution in [0.15, 0.2) is 80.9 Å². The minimum absolute atomic E-state index is 0.0121. The Morgan fingerprint density at radius 2 is 1.57 bits per heavy atom. The van der Waals surface area contributed by atoms with Crippen LogP contribution in [0.1, 0.15) is 76.8 Å². The van der Waals surface area contributed by atoms with Crippen molar-refractivity contribution in [3.63, 3.8) is 0 Å². The minimum Gasteiger partial charge on any atom is -0.481 e. The second kappa shape index (κ2) is 16.6. The Morgan fingerprint density at radius 1 is 0.887 bits per heavy atom. The molecule has 4 N–H and O–H groups in total. The van der Waals surface area contributed by atoms with Crippen LogP contribution in [0.5, 0.6) is 0 Å². The zero-order chi connectivity index (χ0) is 39.4. The average Bonchev–Trinajstić information content (AvgIpc) is 3.41. The average molecular weight is 860 g/mol. The number of carbonyl (C=O) groups is 1. The van der Waals surface area contributed by atoms with Crippen LogP contribution in [0.25, 0.3) is 0 Å². The summed E-state index contributed by atoms with van der Waals surface area (Å²) in [6.45, 7) is 6.45. The quantitative estimate of drug-likeness (QED) is 0.0613. The molecule has 290 valence electrons. The summed E-state index contributed by atoms with van der Waals surface area (Å²) in [5, 5.41) is 9.09. The van der Waals surface area contributed by atoms with Crippen molar-refractivity contribution in [1.29, 1.82) is 0 Å². The van der Waals surface area contributed by atoms with Gasteiger partial charge in [0.15, 0.2) is 5.71 Å². The molecule has 4 rings (SSSR count). The van der Waals surface area contributed by atoms with Gasteiger partial charge in [0.2, 0.25) is 0 Å². The lowest BCUT2D eigenvalue weighted by Crippen LogP contribution is -2.36. The molecule has 1 atom stereocenters. The molecule has 18 heteroatoms. The first-order chi connectivity index (χ1) is 24.5. The van der Waals surface area contributed by atoms with Gasteiger partial charge >= 0.3 is 11.8 Å². The van der Waals surface area contributed by atoms with E-state index in [0.29, 0.717) is 49.3 Å². The van der Waals surface area contributed by atoms with Gasteiger partial charge in [-0.05, 0) is 103 Å². The highest BCUT2D eigenvalue weighted by molar-refractivity contribution is 9.10. The molecule has 1 aromatic heterocycles. The summed E-state index contributed by atoms with van der Waals surface area (Å²) in [5.74, 6) is -1.10. The molecule has 1 unspecified atom stereocenters. The van der Waals surface area contributed by atoms with Crippen LogP contribution in [-0.2, 0) is 52.5 Å². The summed E-state index contributed by atoms with van der Waals surface area (Å²) < 4.78 is 101. The fraction of sp³-hybridized carbons (Fsp3) is 0.457. The van der Waals surface area contributed by atoms with Gasteiger partial charge in [-0.25, -0.2) is 4.57 Å². The fourth-order valence-corrected chi connectivity index (χ4v) is 8.77. The number of aliphatic carboxylic acids is 1. The molecule has 0 amide bonds. The maximum absolute atomic E-state index is 12.2. The van der Waals surface area contributed by atoms with Crippen molar-refractivity contribution in [3.8, 4) is 0 Å². The summed E-state index contributed by atoms with van der Waals surface area (Å²) >= 11 is 3.53. The number of allylic oxidation sites excluding steroid dienone is 6. The van der Waals surface area contributed by atoms with Crippen molar-refractivity contribution in [3.05, 3.63) is 82.1 Å². The third kappa shape index (κ3) is 10.9. The van der Waals surface area contributed by atoms with E-state index >= 15 is 0 Å². The summed E-state index contributed by atoms with van der Waals surface area (Å²) in [5.41, 5.74) is 2.29. The maximum Gasteiger partial charge on any atom is 0.327 e. The highest BCUT2D eigenvalue weighted by Crippen LogP contribution is 2.51. The molecule has 0 fully saturated rings. The van der Waals surface area contributed by atoms with Gasteiger partial charge in [0, 0.05) is 36.2 Å². The number of anilines is 1. The highest BCUT2D eigenvalue weighted by Gasteiger charge is 2.44. The molecular formula is C35H45BrN3O11S3+. The van der Waals surface area contributed by atoms with Gasteiger partial charge in [0.25, 0.3) is 30.4 Å². The second-order valence-corrected chi connectivity index (χ2v) is 19.4. The number of rotatable bonds is 18. The van der Waals surface area contributed by atoms with Crippen molar-refractivity contribution >= 4 is 69.5 Å². The van der Waals surface area contributed by atoms with E-state index in [0.717, 1.165) is 21.4 Å². The molecule has 0 radical (unpaired) electrons. The molecule has 0 saturated heterocycles. The molecule has 14 nitrogen and oxygen atoms in total. The first kappa shape index (κ1) is 42.5. The van der Waals surface area contributed by atoms with Crippen molar-refractivity contribution in [2.75, 3.05) is 23.0 Å². The van der Waals surface area contributed by atoms with E-state index in [9.17, 15) is 43.7 Å². The Labute approximate surface area is 319 Å². The van der Waals surface area contributed by atoms with Gasteiger partial charge < -0.3 is 10.0 Å². The predicted molar refractivity (Wildman–Crippen MR) is 205 cm³/mol. The van der Waals surface area contributed by atoms with Gasteiger partial charge in [-0.15, -0.1) is 0 Å². The Hall–Kier alpha value is -3.26. The van der Waals surface area contributed by atoms with Gasteiger partial charge in [-0.1, -0.05) is 31.1 Å². The first-order valence-corrected chi connectivity index (χ1v) is 22.4. The molecule has 0 spiro atoms. The standard InChI is InChI=1S/C35H44BrN3O11S3/c1-34(2)28-22-25(36)24-38(18-10-20-51(42,43)44)33(28)37-30(34)12-6-4-7-13-31-35(3,17-9-5-8-14-32(40)41)27-23-26(53(48,49)50)15-16-29(27)39(31)19-11-21-52(45,46)47/h4,6-7,12-13,15-16,22-24H,5,8-11,14,17-21H2,1-3H3,(H3-,40,41,42,43,44,45,46,47,48,49,50)/p+1. The third-order valence-corrected chi connectivity index (χ3v) is 12.4. The van der Waals surface area contributed by atoms with Crippen molar-refractivity contribution in [2.45, 2.75) is 88.0 Å². The molecule has 2 aliphatic heterocycles. The number of aliphatic imine (C=N–C) groups is 1. The van der Waals surface area contributed by atoms with Gasteiger partial charge in [0.05, 0.1) is 38.4 Å². The molecule has 2 aromatic rings. The number of pyridine rings is 1. The van der Waals surface area contributed by atoms with E-state index in [-0.39, 0.29) is 36.5 Å². The molecule has 0 saturated carbocycles. The van der Waals surface area contributed by atoms with Crippen LogP contribution in [-0.4, -0.2) is 73.7 Å². The van der Waals surface area contributed by atoms with Crippen LogP contribution in [0.4, 0.5) is 11.5 Å². The van der Waals surface area contributed by atoms with Gasteiger partial charge in [-0.3, -0.25) is 18.5 Å². The molecular weight excluding hydrogens is 815 g/mol. The molecule has 1 aromatic carbocycles. The normalized spacial score (nSPS) is 19.3. The van der Waals surface area contributed by atoms with E-state index in [1.807, 2.05) is 60.7 Å². The molecule has 3 heterocycles. The Bertz CT molecular complexity index is 2200. The van der Waals surface area contributed by atoms with Crippen molar-refractivity contribution < 1.29 is 53.4 Å². The smallest absolute Gasteiger partial charge is 0.327 e. The molecule has 2 aliphatic rings. The Balaban J connectivity index is 1.68. The number of hydrogen-bond donors (Lipinski definition) is 4. The van der Waals surface area contributed by atoms with Gasteiger partial charge in [0.1, 0.15) is 6.20 Å².